The Morgan fingerprint density at radius 1 is 1.36 bits per heavy atom. The van der Waals surface area contributed by atoms with Crippen molar-refractivity contribution in [3.63, 3.8) is 0 Å². The van der Waals surface area contributed by atoms with Crippen LogP contribution in [-0.2, 0) is 4.74 Å². The molecule has 0 spiro atoms. The van der Waals surface area contributed by atoms with Gasteiger partial charge in [0.2, 0.25) is 5.82 Å². The van der Waals surface area contributed by atoms with Gasteiger partial charge in [-0.1, -0.05) is 11.8 Å². The Balaban J connectivity index is 2.35. The second-order valence-corrected chi connectivity index (χ2v) is 7.27. The number of rotatable bonds is 5. The standard InChI is InChI=1S/C18H26FN3O6/c1-10(2)21(11(3)4)7-5-6-18(27)13(9-23)28-16(14(18)24)22-8-12(19)15(25)20-17(22)26/h8,10-11,13-14,16,23-24,27H,7,9H2,1-4H3,(H,20,25,26)/t13-,14+,16-,18-/m1/s1. The van der Waals surface area contributed by atoms with E-state index >= 15 is 0 Å². The molecule has 0 radical (unpaired) electrons. The molecule has 1 aliphatic rings. The van der Waals surface area contributed by atoms with Crippen LogP contribution in [0.25, 0.3) is 0 Å². The zero-order valence-corrected chi connectivity index (χ0v) is 16.2. The number of aromatic amines is 1. The fourth-order valence-electron chi connectivity index (χ4n) is 3.19. The van der Waals surface area contributed by atoms with Crippen molar-refractivity contribution >= 4 is 0 Å². The molecule has 156 valence electrons. The first-order chi connectivity index (χ1) is 13.0. The topological polar surface area (TPSA) is 128 Å². The van der Waals surface area contributed by atoms with Gasteiger partial charge in [0.1, 0.15) is 12.2 Å². The second-order valence-electron chi connectivity index (χ2n) is 7.27. The lowest BCUT2D eigenvalue weighted by atomic mass is 9.93. The van der Waals surface area contributed by atoms with Crippen LogP contribution in [0.1, 0.15) is 33.9 Å². The molecule has 0 bridgehead atoms. The molecule has 1 aromatic rings. The first-order valence-electron chi connectivity index (χ1n) is 8.96. The average Bonchev–Trinajstić information content (AvgIpc) is 2.86. The van der Waals surface area contributed by atoms with Gasteiger partial charge >= 0.3 is 5.69 Å². The monoisotopic (exact) mass is 399 g/mol. The van der Waals surface area contributed by atoms with Crippen molar-refractivity contribution < 1.29 is 24.4 Å². The number of hydrogen-bond acceptors (Lipinski definition) is 7. The Labute approximate surface area is 161 Å². The van der Waals surface area contributed by atoms with E-state index in [1.165, 1.54) is 0 Å². The highest BCUT2D eigenvalue weighted by Gasteiger charge is 2.55. The molecule has 0 aliphatic carbocycles. The SMILES string of the molecule is CC(C)N(CC#C[C@@]1(O)[C@@H](CO)O[C@@H](n2cc(F)c(=O)[nH]c2=O)[C@@H]1O)C(C)C. The molecule has 4 atom stereocenters. The minimum absolute atomic E-state index is 0.192. The van der Waals surface area contributed by atoms with Gasteiger partial charge < -0.3 is 20.1 Å². The molecule has 0 aromatic carbocycles. The predicted octanol–water partition coefficient (Wildman–Crippen LogP) is -1.22. The highest BCUT2D eigenvalue weighted by Crippen LogP contribution is 2.36. The summed E-state index contributed by atoms with van der Waals surface area (Å²) in [5.74, 6) is 4.07. The number of hydrogen-bond donors (Lipinski definition) is 4. The summed E-state index contributed by atoms with van der Waals surface area (Å²) < 4.78 is 19.5. The summed E-state index contributed by atoms with van der Waals surface area (Å²) in [5.41, 5.74) is -4.44. The number of aromatic nitrogens is 2. The van der Waals surface area contributed by atoms with Crippen molar-refractivity contribution in [1.82, 2.24) is 14.5 Å². The van der Waals surface area contributed by atoms with E-state index in [1.807, 2.05) is 32.6 Å². The molecule has 4 N–H and O–H groups in total. The van der Waals surface area contributed by atoms with Crippen molar-refractivity contribution in [2.45, 2.75) is 63.8 Å². The van der Waals surface area contributed by atoms with Crippen molar-refractivity contribution in [2.75, 3.05) is 13.2 Å². The summed E-state index contributed by atoms with van der Waals surface area (Å²) in [7, 11) is 0. The minimum atomic E-state index is -2.19. The molecule has 28 heavy (non-hydrogen) atoms. The van der Waals surface area contributed by atoms with E-state index in [9.17, 15) is 29.3 Å². The van der Waals surface area contributed by atoms with Crippen molar-refractivity contribution in [2.24, 2.45) is 0 Å². The Bertz CT molecular complexity index is 863. The third-order valence-corrected chi connectivity index (χ3v) is 4.76. The van der Waals surface area contributed by atoms with E-state index < -0.39 is 47.7 Å². The molecular weight excluding hydrogens is 373 g/mol. The molecule has 0 unspecified atom stereocenters. The van der Waals surface area contributed by atoms with Crippen LogP contribution in [0.3, 0.4) is 0 Å². The molecule has 0 saturated carbocycles. The lowest BCUT2D eigenvalue weighted by molar-refractivity contribution is -0.0627. The van der Waals surface area contributed by atoms with Crippen LogP contribution >= 0.6 is 0 Å². The van der Waals surface area contributed by atoms with E-state index in [0.29, 0.717) is 17.3 Å². The highest BCUT2D eigenvalue weighted by molar-refractivity contribution is 5.24. The summed E-state index contributed by atoms with van der Waals surface area (Å²) in [6.45, 7) is 7.57. The lowest BCUT2D eigenvalue weighted by Gasteiger charge is -2.29. The molecule has 1 aromatic heterocycles. The van der Waals surface area contributed by atoms with Crippen LogP contribution in [0.2, 0.25) is 0 Å². The van der Waals surface area contributed by atoms with Gasteiger partial charge in [-0.2, -0.15) is 4.39 Å². The number of nitrogens with zero attached hydrogens (tertiary/aromatic N) is 2. The molecule has 0 amide bonds. The number of ether oxygens (including phenoxy) is 1. The zero-order chi connectivity index (χ0) is 21.2. The van der Waals surface area contributed by atoms with Crippen LogP contribution in [0.15, 0.2) is 15.8 Å². The first kappa shape index (κ1) is 22.3. The van der Waals surface area contributed by atoms with Crippen molar-refractivity contribution in [3.05, 3.63) is 32.9 Å². The van der Waals surface area contributed by atoms with Gasteiger partial charge in [0.25, 0.3) is 5.56 Å². The van der Waals surface area contributed by atoms with E-state index in [4.69, 9.17) is 4.74 Å². The Kier molecular flexibility index (Phi) is 6.80. The van der Waals surface area contributed by atoms with E-state index in [0.717, 1.165) is 0 Å². The van der Waals surface area contributed by atoms with E-state index in [1.54, 1.807) is 4.98 Å². The zero-order valence-electron chi connectivity index (χ0n) is 16.2. The lowest BCUT2D eigenvalue weighted by Crippen LogP contribution is -2.49. The summed E-state index contributed by atoms with van der Waals surface area (Å²) >= 11 is 0. The third-order valence-electron chi connectivity index (χ3n) is 4.76. The van der Waals surface area contributed by atoms with Gasteiger partial charge in [-0.25, -0.2) is 4.79 Å². The number of aliphatic hydroxyl groups is 3. The maximum atomic E-state index is 13.6. The Morgan fingerprint density at radius 3 is 2.50 bits per heavy atom. The van der Waals surface area contributed by atoms with Gasteiger partial charge in [0, 0.05) is 12.1 Å². The van der Waals surface area contributed by atoms with Crippen LogP contribution in [-0.4, -0.2) is 72.8 Å². The molecule has 1 saturated heterocycles. The molecule has 1 fully saturated rings. The number of aliphatic hydroxyl groups excluding tert-OH is 2. The molecule has 2 rings (SSSR count). The maximum absolute atomic E-state index is 13.6. The van der Waals surface area contributed by atoms with Gasteiger partial charge in [-0.15, -0.1) is 0 Å². The largest absolute Gasteiger partial charge is 0.394 e. The maximum Gasteiger partial charge on any atom is 0.330 e. The fraction of sp³-hybridized carbons (Fsp3) is 0.667. The van der Waals surface area contributed by atoms with E-state index in [2.05, 4.69) is 11.8 Å². The molecule has 10 heteroatoms. The van der Waals surface area contributed by atoms with Crippen LogP contribution in [0.4, 0.5) is 4.39 Å². The normalized spacial score (nSPS) is 27.5. The molecule has 2 heterocycles. The minimum Gasteiger partial charge on any atom is -0.394 e. The van der Waals surface area contributed by atoms with Gasteiger partial charge in [0.05, 0.1) is 19.3 Å². The van der Waals surface area contributed by atoms with Crippen LogP contribution < -0.4 is 11.2 Å². The highest BCUT2D eigenvalue weighted by atomic mass is 19.1. The molecule has 1 aliphatic heterocycles. The van der Waals surface area contributed by atoms with Gasteiger partial charge in [-0.05, 0) is 27.7 Å². The van der Waals surface area contributed by atoms with Crippen molar-refractivity contribution in [1.29, 1.82) is 0 Å². The molecular formula is C18H26FN3O6. The average molecular weight is 399 g/mol. The molecule has 9 nitrogen and oxygen atoms in total. The number of nitrogens with one attached hydrogen (secondary N) is 1. The summed E-state index contributed by atoms with van der Waals surface area (Å²) in [6, 6.07) is 0.385. The number of halogens is 1. The third kappa shape index (κ3) is 4.19. The smallest absolute Gasteiger partial charge is 0.330 e. The van der Waals surface area contributed by atoms with Gasteiger partial charge in [-0.3, -0.25) is 19.2 Å². The van der Waals surface area contributed by atoms with E-state index in [-0.39, 0.29) is 12.1 Å². The first-order valence-corrected chi connectivity index (χ1v) is 8.96. The summed E-state index contributed by atoms with van der Waals surface area (Å²) in [6.07, 6.45) is -4.08. The number of H-pyrrole nitrogens is 1. The predicted molar refractivity (Wildman–Crippen MR) is 98.0 cm³/mol. The van der Waals surface area contributed by atoms with Crippen LogP contribution in [0.5, 0.6) is 0 Å². The van der Waals surface area contributed by atoms with Gasteiger partial charge in [0.15, 0.2) is 11.8 Å². The Hall–Kier alpha value is -2.03. The Morgan fingerprint density at radius 2 is 1.96 bits per heavy atom. The quantitative estimate of drug-likeness (QED) is 0.457. The summed E-state index contributed by atoms with van der Waals surface area (Å²) in [5, 5.41) is 30.9. The van der Waals surface area contributed by atoms with Crippen molar-refractivity contribution in [3.8, 4) is 11.8 Å². The van der Waals surface area contributed by atoms with Crippen LogP contribution in [0, 0.1) is 17.7 Å². The fourth-order valence-corrected chi connectivity index (χ4v) is 3.19. The summed E-state index contributed by atoms with van der Waals surface area (Å²) in [4.78, 5) is 26.9. The second kappa shape index (κ2) is 8.55.